The lowest BCUT2D eigenvalue weighted by atomic mass is 9.69. The average molecular weight is 293 g/mol. The molecule has 1 fully saturated rings. The van der Waals surface area contributed by atoms with Gasteiger partial charge in [-0.1, -0.05) is 69.4 Å². The zero-order valence-corrected chi connectivity index (χ0v) is 13.7. The normalized spacial score (nSPS) is 18.8. The third kappa shape index (κ3) is 3.76. The van der Waals surface area contributed by atoms with E-state index in [9.17, 15) is 0 Å². The summed E-state index contributed by atoms with van der Waals surface area (Å²) in [5, 5.41) is 0. The third-order valence-corrected chi connectivity index (χ3v) is 5.28. The van der Waals surface area contributed by atoms with Gasteiger partial charge in [0.25, 0.3) is 0 Å². The van der Waals surface area contributed by atoms with Crippen molar-refractivity contribution in [2.75, 3.05) is 0 Å². The minimum Gasteiger partial charge on any atom is -0.265 e. The number of aromatic nitrogens is 1. The smallest absolute Gasteiger partial charge is 0.0270 e. The van der Waals surface area contributed by atoms with Gasteiger partial charge in [-0.15, -0.1) is 0 Å². The van der Waals surface area contributed by atoms with Crippen molar-refractivity contribution in [1.29, 1.82) is 0 Å². The van der Waals surface area contributed by atoms with Crippen LogP contribution in [0.4, 0.5) is 0 Å². The number of hydrogen-bond acceptors (Lipinski definition) is 1. The van der Waals surface area contributed by atoms with Crippen molar-refractivity contribution in [3.63, 3.8) is 0 Å². The monoisotopic (exact) mass is 293 g/mol. The highest BCUT2D eigenvalue weighted by molar-refractivity contribution is 5.28. The number of rotatable bonds is 5. The van der Waals surface area contributed by atoms with Crippen molar-refractivity contribution in [3.05, 3.63) is 66.0 Å². The fourth-order valence-electron chi connectivity index (χ4n) is 4.11. The van der Waals surface area contributed by atoms with Crippen molar-refractivity contribution in [3.8, 4) is 0 Å². The Balaban J connectivity index is 1.84. The van der Waals surface area contributed by atoms with Crippen molar-refractivity contribution in [2.24, 2.45) is 5.92 Å². The molecule has 3 rings (SSSR count). The quantitative estimate of drug-likeness (QED) is 0.704. The molecule has 0 bridgehead atoms. The molecule has 1 aromatic heterocycles. The van der Waals surface area contributed by atoms with E-state index in [0.29, 0.717) is 0 Å². The maximum Gasteiger partial charge on any atom is 0.0270 e. The number of hydrogen-bond donors (Lipinski definition) is 0. The van der Waals surface area contributed by atoms with Crippen LogP contribution in [0.3, 0.4) is 0 Å². The lowest BCUT2D eigenvalue weighted by Gasteiger charge is -2.36. The van der Waals surface area contributed by atoms with Gasteiger partial charge in [-0.2, -0.15) is 0 Å². The van der Waals surface area contributed by atoms with Crippen molar-refractivity contribution in [1.82, 2.24) is 4.98 Å². The van der Waals surface area contributed by atoms with E-state index in [1.807, 2.05) is 12.4 Å². The van der Waals surface area contributed by atoms with Gasteiger partial charge in [-0.25, -0.2) is 0 Å². The molecule has 0 radical (unpaired) electrons. The van der Waals surface area contributed by atoms with Crippen LogP contribution in [0.2, 0.25) is 0 Å². The van der Waals surface area contributed by atoms with E-state index in [4.69, 9.17) is 0 Å². The summed E-state index contributed by atoms with van der Waals surface area (Å²) in [5.41, 5.74) is 3.11. The minimum absolute atomic E-state index is 0.227. The van der Waals surface area contributed by atoms with Gasteiger partial charge in [0.05, 0.1) is 0 Å². The first-order valence-electron chi connectivity index (χ1n) is 8.71. The lowest BCUT2D eigenvalue weighted by molar-refractivity contribution is 0.266. The van der Waals surface area contributed by atoms with Gasteiger partial charge in [0.2, 0.25) is 0 Å². The Morgan fingerprint density at radius 2 is 1.64 bits per heavy atom. The Kier molecular flexibility index (Phi) is 4.92. The summed E-state index contributed by atoms with van der Waals surface area (Å²) in [5.74, 6) is 0.890. The molecule has 116 valence electrons. The first-order valence-corrected chi connectivity index (χ1v) is 8.71. The molecule has 1 aromatic carbocycles. The molecule has 1 heterocycles. The second-order valence-corrected chi connectivity index (χ2v) is 7.17. The molecule has 0 amide bonds. The molecule has 1 saturated carbocycles. The molecule has 0 N–H and O–H groups in total. The molecule has 1 nitrogen and oxygen atoms in total. The van der Waals surface area contributed by atoms with Crippen LogP contribution in [-0.2, 0) is 11.8 Å². The fourth-order valence-corrected chi connectivity index (χ4v) is 4.11. The van der Waals surface area contributed by atoms with E-state index in [1.54, 1.807) is 0 Å². The lowest BCUT2D eigenvalue weighted by Crippen LogP contribution is -2.29. The molecule has 1 heteroatoms. The molecule has 22 heavy (non-hydrogen) atoms. The number of benzene rings is 1. The third-order valence-electron chi connectivity index (χ3n) is 5.28. The van der Waals surface area contributed by atoms with Crippen LogP contribution < -0.4 is 0 Å². The van der Waals surface area contributed by atoms with Crippen LogP contribution in [0.15, 0.2) is 54.9 Å². The van der Waals surface area contributed by atoms with Crippen molar-refractivity contribution in [2.45, 2.75) is 57.3 Å². The van der Waals surface area contributed by atoms with Gasteiger partial charge in [0.1, 0.15) is 0 Å². The highest BCUT2D eigenvalue weighted by atomic mass is 14.6. The maximum atomic E-state index is 4.16. The molecule has 1 unspecified atom stereocenters. The van der Waals surface area contributed by atoms with Gasteiger partial charge >= 0.3 is 0 Å². The Bertz CT molecular complexity index is 557. The van der Waals surface area contributed by atoms with E-state index in [2.05, 4.69) is 54.4 Å². The molecule has 0 spiro atoms. The average Bonchev–Trinajstić information content (AvgIpc) is 2.57. The van der Waals surface area contributed by atoms with Crippen LogP contribution in [0.1, 0.15) is 56.6 Å². The molecular formula is C21H27N. The van der Waals surface area contributed by atoms with E-state index in [0.717, 1.165) is 12.3 Å². The largest absolute Gasteiger partial charge is 0.265 e. The molecule has 1 atom stereocenters. The van der Waals surface area contributed by atoms with Crippen LogP contribution >= 0.6 is 0 Å². The fraction of sp³-hybridized carbons (Fsp3) is 0.476. The molecule has 0 aliphatic heterocycles. The summed E-state index contributed by atoms with van der Waals surface area (Å²) in [6, 6.07) is 15.4. The molecule has 1 aliphatic rings. The first kappa shape index (κ1) is 15.3. The SMILES string of the molecule is CC(Cc1ccncc1)(CC1CCCCC1)c1ccccc1. The zero-order chi connectivity index (χ0) is 15.3. The van der Waals surface area contributed by atoms with Crippen LogP contribution in [-0.4, -0.2) is 4.98 Å². The molecule has 2 aromatic rings. The molecule has 1 aliphatic carbocycles. The summed E-state index contributed by atoms with van der Waals surface area (Å²) in [7, 11) is 0. The first-order chi connectivity index (χ1) is 10.8. The minimum atomic E-state index is 0.227. The van der Waals surface area contributed by atoms with Crippen molar-refractivity contribution < 1.29 is 0 Å². The molecule has 0 saturated heterocycles. The highest BCUT2D eigenvalue weighted by Gasteiger charge is 2.30. The maximum absolute atomic E-state index is 4.16. The summed E-state index contributed by atoms with van der Waals surface area (Å²) >= 11 is 0. The standard InChI is InChI=1S/C21H27N/c1-21(20-10-6-3-7-11-20,16-18-8-4-2-5-9-18)17-19-12-14-22-15-13-19/h3,6-7,10-15,18H,2,4-5,8-9,16-17H2,1H3. The van der Waals surface area contributed by atoms with Gasteiger partial charge in [0.15, 0.2) is 0 Å². The van der Waals surface area contributed by atoms with E-state index >= 15 is 0 Å². The Morgan fingerprint density at radius 3 is 2.32 bits per heavy atom. The van der Waals surface area contributed by atoms with E-state index < -0.39 is 0 Å². The van der Waals surface area contributed by atoms with E-state index in [-0.39, 0.29) is 5.41 Å². The summed E-state index contributed by atoms with van der Waals surface area (Å²) in [6.45, 7) is 2.46. The van der Waals surface area contributed by atoms with Crippen LogP contribution in [0.25, 0.3) is 0 Å². The van der Waals surface area contributed by atoms with Crippen molar-refractivity contribution >= 4 is 0 Å². The predicted molar refractivity (Wildman–Crippen MR) is 92.9 cm³/mol. The summed E-state index contributed by atoms with van der Waals surface area (Å²) in [4.78, 5) is 4.16. The summed E-state index contributed by atoms with van der Waals surface area (Å²) in [6.07, 6.45) is 13.4. The van der Waals surface area contributed by atoms with Gasteiger partial charge in [-0.05, 0) is 47.4 Å². The van der Waals surface area contributed by atoms with Crippen LogP contribution in [0.5, 0.6) is 0 Å². The second kappa shape index (κ2) is 7.09. The highest BCUT2D eigenvalue weighted by Crippen LogP contribution is 2.39. The summed E-state index contributed by atoms with van der Waals surface area (Å²) < 4.78 is 0. The Hall–Kier alpha value is -1.63. The van der Waals surface area contributed by atoms with Gasteiger partial charge in [-0.3, -0.25) is 4.98 Å². The molecular weight excluding hydrogens is 266 g/mol. The van der Waals surface area contributed by atoms with Crippen LogP contribution in [0, 0.1) is 5.92 Å². The van der Waals surface area contributed by atoms with Gasteiger partial charge < -0.3 is 0 Å². The van der Waals surface area contributed by atoms with Gasteiger partial charge in [0, 0.05) is 12.4 Å². The number of nitrogens with zero attached hydrogens (tertiary/aromatic N) is 1. The Labute approximate surface area is 134 Å². The Morgan fingerprint density at radius 1 is 0.955 bits per heavy atom. The van der Waals surface area contributed by atoms with E-state index in [1.165, 1.54) is 49.7 Å². The second-order valence-electron chi connectivity index (χ2n) is 7.17. The predicted octanol–water partition coefficient (Wildman–Crippen LogP) is 5.55. The zero-order valence-electron chi connectivity index (χ0n) is 13.7. The number of pyridine rings is 1. The topological polar surface area (TPSA) is 12.9 Å².